The fraction of sp³-hybridized carbons (Fsp3) is 0.238. The van der Waals surface area contributed by atoms with Crippen molar-refractivity contribution < 1.29 is 0 Å². The van der Waals surface area contributed by atoms with Crippen molar-refractivity contribution in [3.63, 3.8) is 0 Å². The molecule has 0 radical (unpaired) electrons. The van der Waals surface area contributed by atoms with Gasteiger partial charge in [-0.15, -0.1) is 0 Å². The first-order valence-electron chi connectivity index (χ1n) is 9.13. The third-order valence-electron chi connectivity index (χ3n) is 4.48. The van der Waals surface area contributed by atoms with Crippen molar-refractivity contribution >= 4 is 17.0 Å². The molecule has 0 amide bonds. The number of aromatic nitrogens is 5. The molecule has 0 saturated carbocycles. The average molecular weight is 374 g/mol. The van der Waals surface area contributed by atoms with Crippen molar-refractivity contribution in [3.05, 3.63) is 70.9 Å². The largest absolute Gasteiger partial charge is 0.352 e. The molecule has 28 heavy (non-hydrogen) atoms. The summed E-state index contributed by atoms with van der Waals surface area (Å²) in [5.41, 5.74) is 3.38. The number of hydrogen-bond donors (Lipinski definition) is 2. The molecule has 0 spiro atoms. The highest BCUT2D eigenvalue weighted by Gasteiger charge is 2.19. The van der Waals surface area contributed by atoms with Gasteiger partial charge in [-0.3, -0.25) is 14.8 Å². The Morgan fingerprint density at radius 2 is 1.86 bits per heavy atom. The lowest BCUT2D eigenvalue weighted by molar-refractivity contribution is 0.366. The van der Waals surface area contributed by atoms with Gasteiger partial charge in [-0.2, -0.15) is 10.1 Å². The van der Waals surface area contributed by atoms with E-state index >= 15 is 0 Å². The number of aromatic amines is 1. The van der Waals surface area contributed by atoms with Gasteiger partial charge in [0.05, 0.1) is 11.7 Å². The summed E-state index contributed by atoms with van der Waals surface area (Å²) in [6.07, 6.45) is 5.17. The Bertz CT molecular complexity index is 1150. The van der Waals surface area contributed by atoms with Gasteiger partial charge in [0.25, 0.3) is 5.56 Å². The first-order chi connectivity index (χ1) is 13.4. The van der Waals surface area contributed by atoms with Crippen LogP contribution in [0, 0.1) is 0 Å². The Balaban J connectivity index is 1.55. The fourth-order valence-electron chi connectivity index (χ4n) is 3.03. The van der Waals surface area contributed by atoms with Crippen molar-refractivity contribution in [1.29, 1.82) is 0 Å². The molecule has 7 heteroatoms. The lowest BCUT2D eigenvalue weighted by Crippen LogP contribution is -2.24. The van der Waals surface area contributed by atoms with E-state index in [1.807, 2.05) is 51.2 Å². The SMILES string of the molecule is CC(C)(C)n1ncc2c(=O)[nH]c(NCc3ccc(-c4cccnc4)cc3)nc21. The molecule has 3 heterocycles. The smallest absolute Gasteiger partial charge is 0.263 e. The molecule has 4 rings (SSSR count). The van der Waals surface area contributed by atoms with Crippen LogP contribution in [-0.2, 0) is 12.1 Å². The number of hydrogen-bond acceptors (Lipinski definition) is 5. The molecule has 0 aliphatic rings. The van der Waals surface area contributed by atoms with Gasteiger partial charge < -0.3 is 5.32 Å². The minimum absolute atomic E-state index is 0.199. The van der Waals surface area contributed by atoms with E-state index in [2.05, 4.69) is 37.5 Å². The second-order valence-corrected chi connectivity index (χ2v) is 7.67. The van der Waals surface area contributed by atoms with Gasteiger partial charge in [0.15, 0.2) is 5.65 Å². The fourth-order valence-corrected chi connectivity index (χ4v) is 3.03. The van der Waals surface area contributed by atoms with Gasteiger partial charge in [0.1, 0.15) is 5.39 Å². The number of nitrogens with one attached hydrogen (secondary N) is 2. The topological polar surface area (TPSA) is 88.5 Å². The second-order valence-electron chi connectivity index (χ2n) is 7.67. The Morgan fingerprint density at radius 1 is 1.07 bits per heavy atom. The molecule has 142 valence electrons. The molecule has 0 fully saturated rings. The van der Waals surface area contributed by atoms with Crippen LogP contribution in [-0.4, -0.2) is 24.7 Å². The average Bonchev–Trinajstić information content (AvgIpc) is 3.13. The van der Waals surface area contributed by atoms with Crippen molar-refractivity contribution in [2.24, 2.45) is 0 Å². The van der Waals surface area contributed by atoms with E-state index in [4.69, 9.17) is 0 Å². The highest BCUT2D eigenvalue weighted by molar-refractivity contribution is 5.74. The molecule has 0 aliphatic carbocycles. The maximum atomic E-state index is 12.4. The van der Waals surface area contributed by atoms with Crippen LogP contribution in [0.3, 0.4) is 0 Å². The summed E-state index contributed by atoms with van der Waals surface area (Å²) in [7, 11) is 0. The Kier molecular flexibility index (Phi) is 4.43. The van der Waals surface area contributed by atoms with E-state index in [0.29, 0.717) is 23.5 Å². The molecule has 1 aromatic carbocycles. The number of anilines is 1. The van der Waals surface area contributed by atoms with Crippen molar-refractivity contribution in [3.8, 4) is 11.1 Å². The summed E-state index contributed by atoms with van der Waals surface area (Å²) >= 11 is 0. The van der Waals surface area contributed by atoms with Crippen LogP contribution in [0.1, 0.15) is 26.3 Å². The van der Waals surface area contributed by atoms with Crippen LogP contribution < -0.4 is 10.9 Å². The quantitative estimate of drug-likeness (QED) is 0.570. The van der Waals surface area contributed by atoms with E-state index in [0.717, 1.165) is 16.7 Å². The van der Waals surface area contributed by atoms with Gasteiger partial charge in [-0.1, -0.05) is 30.3 Å². The number of H-pyrrole nitrogens is 1. The Labute approximate surface area is 162 Å². The van der Waals surface area contributed by atoms with Gasteiger partial charge >= 0.3 is 0 Å². The van der Waals surface area contributed by atoms with Gasteiger partial charge in [-0.05, 0) is 43.5 Å². The maximum Gasteiger partial charge on any atom is 0.263 e. The highest BCUT2D eigenvalue weighted by atomic mass is 16.1. The molecule has 0 bridgehead atoms. The molecule has 7 nitrogen and oxygen atoms in total. The predicted octanol–water partition coefficient (Wildman–Crippen LogP) is 3.55. The summed E-state index contributed by atoms with van der Waals surface area (Å²) in [6.45, 7) is 6.63. The van der Waals surface area contributed by atoms with Crippen LogP contribution in [0.4, 0.5) is 5.95 Å². The van der Waals surface area contributed by atoms with Crippen molar-refractivity contribution in [2.75, 3.05) is 5.32 Å². The number of nitrogens with zero attached hydrogens (tertiary/aromatic N) is 4. The molecule has 0 atom stereocenters. The minimum Gasteiger partial charge on any atom is -0.352 e. The zero-order valence-electron chi connectivity index (χ0n) is 16.1. The Morgan fingerprint density at radius 3 is 2.54 bits per heavy atom. The maximum absolute atomic E-state index is 12.4. The first kappa shape index (κ1) is 17.9. The number of fused-ring (bicyclic) bond motifs is 1. The van der Waals surface area contributed by atoms with Crippen LogP contribution >= 0.6 is 0 Å². The monoisotopic (exact) mass is 374 g/mol. The van der Waals surface area contributed by atoms with Crippen LogP contribution in [0.5, 0.6) is 0 Å². The summed E-state index contributed by atoms with van der Waals surface area (Å²) < 4.78 is 1.77. The van der Waals surface area contributed by atoms with E-state index in [-0.39, 0.29) is 11.1 Å². The van der Waals surface area contributed by atoms with Crippen molar-refractivity contribution in [2.45, 2.75) is 32.9 Å². The van der Waals surface area contributed by atoms with Crippen LogP contribution in [0.25, 0.3) is 22.2 Å². The normalized spacial score (nSPS) is 11.7. The van der Waals surface area contributed by atoms with Gasteiger partial charge in [0, 0.05) is 18.9 Å². The Hall–Kier alpha value is -3.48. The van der Waals surface area contributed by atoms with E-state index in [9.17, 15) is 4.79 Å². The molecule has 0 aliphatic heterocycles. The molecule has 0 unspecified atom stereocenters. The third-order valence-corrected chi connectivity index (χ3v) is 4.48. The second kappa shape index (κ2) is 6.92. The summed E-state index contributed by atoms with van der Waals surface area (Å²) in [5.74, 6) is 0.430. The van der Waals surface area contributed by atoms with E-state index in [1.54, 1.807) is 17.1 Å². The predicted molar refractivity (Wildman–Crippen MR) is 110 cm³/mol. The zero-order valence-corrected chi connectivity index (χ0v) is 16.1. The summed E-state index contributed by atoms with van der Waals surface area (Å²) in [4.78, 5) is 23.9. The summed E-state index contributed by atoms with van der Waals surface area (Å²) in [6, 6.07) is 12.2. The van der Waals surface area contributed by atoms with Crippen molar-refractivity contribution in [1.82, 2.24) is 24.7 Å². The third kappa shape index (κ3) is 3.51. The van der Waals surface area contributed by atoms with Gasteiger partial charge in [0.2, 0.25) is 5.95 Å². The van der Waals surface area contributed by atoms with Gasteiger partial charge in [-0.25, -0.2) is 4.68 Å². The number of rotatable bonds is 4. The molecular weight excluding hydrogens is 352 g/mol. The zero-order chi connectivity index (χ0) is 19.7. The standard InChI is InChI=1S/C21H22N6O/c1-21(2,3)27-18-17(13-24-27)19(28)26-20(25-18)23-11-14-6-8-15(9-7-14)16-5-4-10-22-12-16/h4-10,12-13H,11H2,1-3H3,(H2,23,25,26,28). The molecular formula is C21H22N6O. The van der Waals surface area contributed by atoms with Crippen LogP contribution in [0.15, 0.2) is 59.8 Å². The minimum atomic E-state index is -0.262. The summed E-state index contributed by atoms with van der Waals surface area (Å²) in [5, 5.41) is 8.02. The molecule has 2 N–H and O–H groups in total. The molecule has 4 aromatic rings. The lowest BCUT2D eigenvalue weighted by Gasteiger charge is -2.19. The van der Waals surface area contributed by atoms with E-state index in [1.165, 1.54) is 0 Å². The lowest BCUT2D eigenvalue weighted by atomic mass is 10.1. The number of pyridine rings is 1. The first-order valence-corrected chi connectivity index (χ1v) is 9.13. The van der Waals surface area contributed by atoms with Crippen LogP contribution in [0.2, 0.25) is 0 Å². The molecule has 3 aromatic heterocycles. The highest BCUT2D eigenvalue weighted by Crippen LogP contribution is 2.20. The number of benzene rings is 1. The van der Waals surface area contributed by atoms with E-state index < -0.39 is 0 Å². The molecule has 0 saturated heterocycles.